The first-order valence-corrected chi connectivity index (χ1v) is 7.65. The zero-order valence-corrected chi connectivity index (χ0v) is 12.6. The summed E-state index contributed by atoms with van der Waals surface area (Å²) < 4.78 is 18.8. The highest BCUT2D eigenvalue weighted by molar-refractivity contribution is 5.94. The monoisotopic (exact) mass is 302 g/mol. The van der Waals surface area contributed by atoms with Crippen LogP contribution in [0.4, 0.5) is 4.39 Å². The Hall–Kier alpha value is -2.17. The second kappa shape index (κ2) is 6.30. The van der Waals surface area contributed by atoms with E-state index in [1.165, 1.54) is 12.1 Å². The van der Waals surface area contributed by atoms with Crippen LogP contribution in [-0.2, 0) is 0 Å². The standard InChI is InChI=1S/C17H19FN2O2/c1-12-10-16(22-19-12)15-8-3-2-4-9-20(15)17(21)13-6-5-7-14(18)11-13/h5-7,10-11,15H,2-4,8-9H2,1H3. The molecular weight excluding hydrogens is 283 g/mol. The largest absolute Gasteiger partial charge is 0.359 e. The van der Waals surface area contributed by atoms with Gasteiger partial charge in [0, 0.05) is 18.2 Å². The van der Waals surface area contributed by atoms with Crippen LogP contribution in [-0.4, -0.2) is 22.5 Å². The van der Waals surface area contributed by atoms with Crippen molar-refractivity contribution < 1.29 is 13.7 Å². The number of aryl methyl sites for hydroxylation is 1. The molecule has 3 rings (SSSR count). The van der Waals surface area contributed by atoms with Crippen molar-refractivity contribution in [1.29, 1.82) is 0 Å². The van der Waals surface area contributed by atoms with Crippen molar-refractivity contribution in [1.82, 2.24) is 10.1 Å². The fourth-order valence-electron chi connectivity index (χ4n) is 2.97. The summed E-state index contributed by atoms with van der Waals surface area (Å²) in [5, 5.41) is 3.93. The Morgan fingerprint density at radius 3 is 2.91 bits per heavy atom. The molecule has 1 aliphatic heterocycles. The Morgan fingerprint density at radius 1 is 1.32 bits per heavy atom. The van der Waals surface area contributed by atoms with Crippen molar-refractivity contribution in [2.75, 3.05) is 6.54 Å². The van der Waals surface area contributed by atoms with Crippen LogP contribution < -0.4 is 0 Å². The van der Waals surface area contributed by atoms with E-state index in [4.69, 9.17) is 4.52 Å². The van der Waals surface area contributed by atoms with Crippen LogP contribution in [0.2, 0.25) is 0 Å². The van der Waals surface area contributed by atoms with E-state index < -0.39 is 5.82 Å². The van der Waals surface area contributed by atoms with E-state index in [2.05, 4.69) is 5.16 Å². The fourth-order valence-corrected chi connectivity index (χ4v) is 2.97. The topological polar surface area (TPSA) is 46.3 Å². The van der Waals surface area contributed by atoms with Gasteiger partial charge in [-0.05, 0) is 38.0 Å². The van der Waals surface area contributed by atoms with Gasteiger partial charge in [-0.25, -0.2) is 4.39 Å². The Labute approximate surface area is 128 Å². The number of carbonyl (C=O) groups excluding carboxylic acids is 1. The SMILES string of the molecule is Cc1cc(C2CCCCCN2C(=O)c2cccc(F)c2)on1. The maximum absolute atomic E-state index is 13.4. The number of hydrogen-bond donors (Lipinski definition) is 0. The summed E-state index contributed by atoms with van der Waals surface area (Å²) in [6.07, 6.45) is 3.91. The second-order valence-electron chi connectivity index (χ2n) is 5.74. The molecule has 1 aliphatic rings. The Balaban J connectivity index is 1.91. The molecule has 4 nitrogen and oxygen atoms in total. The Morgan fingerprint density at radius 2 is 2.18 bits per heavy atom. The molecule has 22 heavy (non-hydrogen) atoms. The molecule has 0 radical (unpaired) electrons. The van der Waals surface area contributed by atoms with E-state index in [0.29, 0.717) is 17.9 Å². The van der Waals surface area contributed by atoms with Gasteiger partial charge < -0.3 is 9.42 Å². The third-order valence-corrected chi connectivity index (χ3v) is 4.06. The molecule has 0 spiro atoms. The normalized spacial score (nSPS) is 19.0. The highest BCUT2D eigenvalue weighted by Crippen LogP contribution is 2.31. The first kappa shape index (κ1) is 14.8. The molecule has 0 saturated carbocycles. The average Bonchev–Trinajstić information content (AvgIpc) is 2.80. The molecule has 0 aliphatic carbocycles. The van der Waals surface area contributed by atoms with Crippen LogP contribution in [0, 0.1) is 12.7 Å². The predicted octanol–water partition coefficient (Wildman–Crippen LogP) is 3.88. The molecule has 0 N–H and O–H groups in total. The van der Waals surface area contributed by atoms with E-state index in [1.807, 2.05) is 13.0 Å². The van der Waals surface area contributed by atoms with Crippen LogP contribution in [0.5, 0.6) is 0 Å². The molecule has 116 valence electrons. The van der Waals surface area contributed by atoms with E-state index in [0.717, 1.165) is 31.4 Å². The molecule has 1 aromatic carbocycles. The lowest BCUT2D eigenvalue weighted by Crippen LogP contribution is -2.34. The number of hydrogen-bond acceptors (Lipinski definition) is 3. The third-order valence-electron chi connectivity index (χ3n) is 4.06. The van der Waals surface area contributed by atoms with E-state index in [-0.39, 0.29) is 11.9 Å². The smallest absolute Gasteiger partial charge is 0.254 e. The van der Waals surface area contributed by atoms with Gasteiger partial charge in [0.05, 0.1) is 11.7 Å². The van der Waals surface area contributed by atoms with Gasteiger partial charge in [-0.3, -0.25) is 4.79 Å². The molecule has 0 bridgehead atoms. The number of amides is 1. The van der Waals surface area contributed by atoms with Gasteiger partial charge >= 0.3 is 0 Å². The van der Waals surface area contributed by atoms with E-state index >= 15 is 0 Å². The summed E-state index contributed by atoms with van der Waals surface area (Å²) in [6, 6.07) is 7.60. The summed E-state index contributed by atoms with van der Waals surface area (Å²) in [5.74, 6) is 0.164. The molecule has 1 aromatic heterocycles. The number of rotatable bonds is 2. The number of likely N-dealkylation sites (tertiary alicyclic amines) is 1. The van der Waals surface area contributed by atoms with Gasteiger partial charge in [-0.1, -0.05) is 24.1 Å². The van der Waals surface area contributed by atoms with Crippen molar-refractivity contribution in [2.24, 2.45) is 0 Å². The van der Waals surface area contributed by atoms with Crippen molar-refractivity contribution in [3.8, 4) is 0 Å². The molecule has 2 heterocycles. The molecule has 1 unspecified atom stereocenters. The first-order chi connectivity index (χ1) is 10.6. The first-order valence-electron chi connectivity index (χ1n) is 7.65. The molecule has 1 fully saturated rings. The van der Waals surface area contributed by atoms with Crippen LogP contribution in [0.1, 0.15) is 53.5 Å². The molecule has 5 heteroatoms. The third kappa shape index (κ3) is 3.03. The van der Waals surface area contributed by atoms with Gasteiger partial charge in [-0.15, -0.1) is 0 Å². The van der Waals surface area contributed by atoms with Gasteiger partial charge in [-0.2, -0.15) is 0 Å². The summed E-state index contributed by atoms with van der Waals surface area (Å²) >= 11 is 0. The lowest BCUT2D eigenvalue weighted by atomic mass is 10.1. The summed E-state index contributed by atoms with van der Waals surface area (Å²) in [7, 11) is 0. The predicted molar refractivity (Wildman–Crippen MR) is 79.9 cm³/mol. The van der Waals surface area contributed by atoms with Gasteiger partial charge in [0.1, 0.15) is 5.82 Å². The number of halogens is 1. The van der Waals surface area contributed by atoms with Crippen LogP contribution in [0.3, 0.4) is 0 Å². The minimum atomic E-state index is -0.396. The van der Waals surface area contributed by atoms with Crippen LogP contribution in [0.15, 0.2) is 34.9 Å². The Bertz CT molecular complexity index is 668. The molecular formula is C17H19FN2O2. The van der Waals surface area contributed by atoms with Crippen molar-refractivity contribution >= 4 is 5.91 Å². The van der Waals surface area contributed by atoms with E-state index in [9.17, 15) is 9.18 Å². The minimum absolute atomic E-state index is 0.125. The fraction of sp³-hybridized carbons (Fsp3) is 0.412. The lowest BCUT2D eigenvalue weighted by molar-refractivity contribution is 0.0650. The van der Waals surface area contributed by atoms with Crippen molar-refractivity contribution in [3.63, 3.8) is 0 Å². The maximum atomic E-state index is 13.4. The summed E-state index contributed by atoms with van der Waals surface area (Å²) in [4.78, 5) is 14.6. The quantitative estimate of drug-likeness (QED) is 0.845. The number of benzene rings is 1. The summed E-state index contributed by atoms with van der Waals surface area (Å²) in [5.41, 5.74) is 1.18. The van der Waals surface area contributed by atoms with Gasteiger partial charge in [0.2, 0.25) is 0 Å². The number of nitrogens with zero attached hydrogens (tertiary/aromatic N) is 2. The number of carbonyl (C=O) groups is 1. The second-order valence-corrected chi connectivity index (χ2v) is 5.74. The van der Waals surface area contributed by atoms with Gasteiger partial charge in [0.25, 0.3) is 5.91 Å². The minimum Gasteiger partial charge on any atom is -0.359 e. The molecule has 2 aromatic rings. The highest BCUT2D eigenvalue weighted by Gasteiger charge is 2.30. The van der Waals surface area contributed by atoms with Gasteiger partial charge in [0.15, 0.2) is 5.76 Å². The van der Waals surface area contributed by atoms with Crippen molar-refractivity contribution in [3.05, 3.63) is 53.2 Å². The highest BCUT2D eigenvalue weighted by atomic mass is 19.1. The Kier molecular flexibility index (Phi) is 4.22. The van der Waals surface area contributed by atoms with Crippen molar-refractivity contribution in [2.45, 2.75) is 38.6 Å². The lowest BCUT2D eigenvalue weighted by Gasteiger charge is -2.28. The average molecular weight is 302 g/mol. The van der Waals surface area contributed by atoms with Crippen LogP contribution in [0.25, 0.3) is 0 Å². The molecule has 1 atom stereocenters. The van der Waals surface area contributed by atoms with Crippen LogP contribution >= 0.6 is 0 Å². The molecule has 1 saturated heterocycles. The summed E-state index contributed by atoms with van der Waals surface area (Å²) in [6.45, 7) is 2.52. The van der Waals surface area contributed by atoms with E-state index in [1.54, 1.807) is 17.0 Å². The zero-order chi connectivity index (χ0) is 15.5. The number of aromatic nitrogens is 1. The molecule has 1 amide bonds. The maximum Gasteiger partial charge on any atom is 0.254 e. The zero-order valence-electron chi connectivity index (χ0n) is 12.6.